The van der Waals surface area contributed by atoms with Crippen LogP contribution in [0, 0.1) is 11.6 Å². The first-order valence-corrected chi connectivity index (χ1v) is 6.61. The van der Waals surface area contributed by atoms with Gasteiger partial charge in [0.05, 0.1) is 6.61 Å². The van der Waals surface area contributed by atoms with Crippen molar-refractivity contribution in [1.82, 2.24) is 5.32 Å². The molecule has 112 valence electrons. The smallest absolute Gasteiger partial charge is 0.166 e. The molecule has 0 aliphatic rings. The van der Waals surface area contributed by atoms with Crippen LogP contribution in [0.3, 0.4) is 0 Å². The molecule has 0 atom stereocenters. The molecule has 1 N–H and O–H groups in total. The second-order valence-electron chi connectivity index (χ2n) is 4.47. The highest BCUT2D eigenvalue weighted by Crippen LogP contribution is 2.27. The van der Waals surface area contributed by atoms with Gasteiger partial charge >= 0.3 is 0 Å². The fraction of sp³-hybridized carbons (Fsp3) is 0.250. The highest BCUT2D eigenvalue weighted by molar-refractivity contribution is 5.35. The third kappa shape index (κ3) is 4.51. The van der Waals surface area contributed by atoms with Crippen LogP contribution >= 0.6 is 0 Å². The number of ether oxygens (including phenoxy) is 2. The quantitative estimate of drug-likeness (QED) is 0.793. The lowest BCUT2D eigenvalue weighted by Crippen LogP contribution is -2.18. The minimum Gasteiger partial charge on any atom is -0.451 e. The third-order valence-corrected chi connectivity index (χ3v) is 2.86. The number of hydrogen-bond donors (Lipinski definition) is 1. The summed E-state index contributed by atoms with van der Waals surface area (Å²) in [6.45, 7) is 1.81. The van der Waals surface area contributed by atoms with Crippen molar-refractivity contribution in [1.29, 1.82) is 0 Å². The highest BCUT2D eigenvalue weighted by Gasteiger charge is 2.08. The van der Waals surface area contributed by atoms with E-state index in [0.717, 1.165) is 5.56 Å². The topological polar surface area (TPSA) is 30.5 Å². The van der Waals surface area contributed by atoms with Crippen molar-refractivity contribution in [3.63, 3.8) is 0 Å². The monoisotopic (exact) mass is 293 g/mol. The summed E-state index contributed by atoms with van der Waals surface area (Å²) in [6.07, 6.45) is 0. The third-order valence-electron chi connectivity index (χ3n) is 2.86. The van der Waals surface area contributed by atoms with Crippen LogP contribution in [0.4, 0.5) is 8.78 Å². The van der Waals surface area contributed by atoms with Crippen LogP contribution in [0.2, 0.25) is 0 Å². The minimum absolute atomic E-state index is 0.000687. The van der Waals surface area contributed by atoms with E-state index in [1.165, 1.54) is 24.3 Å². The summed E-state index contributed by atoms with van der Waals surface area (Å²) in [5, 5.41) is 3.12. The molecule has 0 fully saturated rings. The minimum atomic E-state index is -0.526. The zero-order chi connectivity index (χ0) is 15.1. The summed E-state index contributed by atoms with van der Waals surface area (Å²) in [6, 6.07) is 10.5. The molecule has 0 aliphatic carbocycles. The van der Waals surface area contributed by atoms with Gasteiger partial charge in [-0.3, -0.25) is 0 Å². The van der Waals surface area contributed by atoms with Gasteiger partial charge < -0.3 is 14.8 Å². The van der Waals surface area contributed by atoms with E-state index in [1.54, 1.807) is 25.3 Å². The van der Waals surface area contributed by atoms with Gasteiger partial charge in [0, 0.05) is 20.2 Å². The van der Waals surface area contributed by atoms with Crippen molar-refractivity contribution in [2.75, 3.05) is 20.3 Å². The Bertz CT molecular complexity index is 590. The van der Waals surface area contributed by atoms with Crippen molar-refractivity contribution in [2.45, 2.75) is 6.54 Å². The van der Waals surface area contributed by atoms with Gasteiger partial charge in [0.1, 0.15) is 0 Å². The van der Waals surface area contributed by atoms with Crippen LogP contribution in [0.15, 0.2) is 42.5 Å². The summed E-state index contributed by atoms with van der Waals surface area (Å²) in [5.74, 6) is -1.05. The molecule has 0 unspecified atom stereocenters. The van der Waals surface area contributed by atoms with Crippen molar-refractivity contribution in [3.8, 4) is 11.5 Å². The van der Waals surface area contributed by atoms with Crippen LogP contribution in [0.1, 0.15) is 5.56 Å². The highest BCUT2D eigenvalue weighted by atomic mass is 19.1. The number of methoxy groups -OCH3 is 1. The second-order valence-corrected chi connectivity index (χ2v) is 4.47. The second kappa shape index (κ2) is 7.71. The Labute approximate surface area is 122 Å². The Hall–Kier alpha value is -1.98. The first-order valence-electron chi connectivity index (χ1n) is 6.61. The molecule has 0 aromatic heterocycles. The number of para-hydroxylation sites is 1. The van der Waals surface area contributed by atoms with Gasteiger partial charge in [0.15, 0.2) is 23.1 Å². The fourth-order valence-electron chi connectivity index (χ4n) is 1.79. The van der Waals surface area contributed by atoms with Gasteiger partial charge in [-0.25, -0.2) is 8.78 Å². The summed E-state index contributed by atoms with van der Waals surface area (Å²) in [7, 11) is 1.62. The lowest BCUT2D eigenvalue weighted by atomic mass is 10.2. The van der Waals surface area contributed by atoms with Gasteiger partial charge in [-0.2, -0.15) is 0 Å². The average Bonchev–Trinajstić information content (AvgIpc) is 2.48. The SMILES string of the molecule is COCCNCc1ccc(Oc2ccccc2F)c(F)c1. The van der Waals surface area contributed by atoms with E-state index >= 15 is 0 Å². The van der Waals surface area contributed by atoms with Crippen LogP contribution in [-0.2, 0) is 11.3 Å². The number of nitrogens with one attached hydrogen (secondary N) is 1. The van der Waals surface area contributed by atoms with Crippen molar-refractivity contribution in [3.05, 3.63) is 59.7 Å². The van der Waals surface area contributed by atoms with Crippen LogP contribution in [-0.4, -0.2) is 20.3 Å². The molecule has 0 bridgehead atoms. The predicted molar refractivity (Wildman–Crippen MR) is 76.5 cm³/mol. The maximum atomic E-state index is 13.9. The molecule has 0 spiro atoms. The molecule has 21 heavy (non-hydrogen) atoms. The molecule has 2 aromatic carbocycles. The molecule has 0 amide bonds. The summed E-state index contributed by atoms with van der Waals surface area (Å²) < 4.78 is 37.6. The Morgan fingerprint density at radius 2 is 1.76 bits per heavy atom. The molecular weight excluding hydrogens is 276 g/mol. The van der Waals surface area contributed by atoms with E-state index in [-0.39, 0.29) is 11.5 Å². The number of benzene rings is 2. The van der Waals surface area contributed by atoms with Gasteiger partial charge in [-0.05, 0) is 29.8 Å². The van der Waals surface area contributed by atoms with Gasteiger partial charge in [-0.1, -0.05) is 18.2 Å². The Balaban J connectivity index is 2.01. The molecular formula is C16H17F2NO2. The Morgan fingerprint density at radius 3 is 2.48 bits per heavy atom. The molecule has 3 nitrogen and oxygen atoms in total. The molecule has 0 heterocycles. The van der Waals surface area contributed by atoms with Crippen LogP contribution < -0.4 is 10.1 Å². The van der Waals surface area contributed by atoms with Crippen molar-refractivity contribution >= 4 is 0 Å². The van der Waals surface area contributed by atoms with E-state index in [2.05, 4.69) is 5.32 Å². The largest absolute Gasteiger partial charge is 0.451 e. The normalized spacial score (nSPS) is 10.6. The van der Waals surface area contributed by atoms with Gasteiger partial charge in [0.2, 0.25) is 0 Å². The Kier molecular flexibility index (Phi) is 5.66. The zero-order valence-electron chi connectivity index (χ0n) is 11.7. The van der Waals surface area contributed by atoms with Crippen LogP contribution in [0.25, 0.3) is 0 Å². The number of rotatable bonds is 7. The molecule has 0 aliphatic heterocycles. The first kappa shape index (κ1) is 15.4. The molecule has 0 saturated heterocycles. The van der Waals surface area contributed by atoms with E-state index in [9.17, 15) is 8.78 Å². The maximum absolute atomic E-state index is 13.9. The first-order chi connectivity index (χ1) is 10.2. The summed E-state index contributed by atoms with van der Waals surface area (Å²) in [4.78, 5) is 0. The molecule has 5 heteroatoms. The lowest BCUT2D eigenvalue weighted by Gasteiger charge is -2.09. The van der Waals surface area contributed by atoms with Crippen LogP contribution in [0.5, 0.6) is 11.5 Å². The van der Waals surface area contributed by atoms with E-state index < -0.39 is 11.6 Å². The van der Waals surface area contributed by atoms with E-state index in [1.807, 2.05) is 0 Å². The van der Waals surface area contributed by atoms with E-state index in [4.69, 9.17) is 9.47 Å². The van der Waals surface area contributed by atoms with E-state index in [0.29, 0.717) is 19.7 Å². The molecule has 0 radical (unpaired) electrons. The molecule has 2 rings (SSSR count). The van der Waals surface area contributed by atoms with Gasteiger partial charge in [-0.15, -0.1) is 0 Å². The number of hydrogen-bond acceptors (Lipinski definition) is 3. The molecule has 2 aromatic rings. The summed E-state index contributed by atoms with van der Waals surface area (Å²) >= 11 is 0. The van der Waals surface area contributed by atoms with Gasteiger partial charge in [0.25, 0.3) is 0 Å². The standard InChI is InChI=1S/C16H17F2NO2/c1-20-9-8-19-11-12-6-7-16(14(18)10-12)21-15-5-3-2-4-13(15)17/h2-7,10,19H,8-9,11H2,1H3. The average molecular weight is 293 g/mol. The molecule has 0 saturated carbocycles. The number of halogens is 2. The van der Waals surface area contributed by atoms with Crippen molar-refractivity contribution < 1.29 is 18.3 Å². The predicted octanol–water partition coefficient (Wildman–Crippen LogP) is 3.49. The lowest BCUT2D eigenvalue weighted by molar-refractivity contribution is 0.199. The maximum Gasteiger partial charge on any atom is 0.166 e. The van der Waals surface area contributed by atoms with Crippen molar-refractivity contribution in [2.24, 2.45) is 0 Å². The summed E-state index contributed by atoms with van der Waals surface area (Å²) in [5.41, 5.74) is 0.782. The Morgan fingerprint density at radius 1 is 1.00 bits per heavy atom. The zero-order valence-corrected chi connectivity index (χ0v) is 11.7. The fourth-order valence-corrected chi connectivity index (χ4v) is 1.79.